The van der Waals surface area contributed by atoms with Gasteiger partial charge in [0.2, 0.25) is 0 Å². The van der Waals surface area contributed by atoms with Crippen molar-refractivity contribution in [1.82, 2.24) is 15.5 Å². The van der Waals surface area contributed by atoms with Crippen LogP contribution in [0.4, 0.5) is 17.6 Å². The molecule has 0 saturated carbocycles. The third-order valence-corrected chi connectivity index (χ3v) is 4.15. The van der Waals surface area contributed by atoms with Crippen molar-refractivity contribution in [2.24, 2.45) is 4.99 Å². The highest BCUT2D eigenvalue weighted by atomic mass is 19.4. The first-order valence-corrected chi connectivity index (χ1v) is 8.19. The van der Waals surface area contributed by atoms with Crippen molar-refractivity contribution in [3.63, 3.8) is 0 Å². The molecule has 0 bridgehead atoms. The summed E-state index contributed by atoms with van der Waals surface area (Å²) < 4.78 is 52.1. The van der Waals surface area contributed by atoms with E-state index >= 15 is 0 Å². The van der Waals surface area contributed by atoms with Crippen LogP contribution in [-0.2, 0) is 12.7 Å². The molecule has 1 unspecified atom stereocenters. The molecule has 0 spiro atoms. The Bertz CT molecular complexity index is 572. The molecular formula is C17H26F4N4. The molecule has 0 saturated heterocycles. The van der Waals surface area contributed by atoms with Crippen LogP contribution in [0.15, 0.2) is 23.2 Å². The van der Waals surface area contributed by atoms with E-state index in [1.807, 2.05) is 7.05 Å². The van der Waals surface area contributed by atoms with E-state index in [1.54, 1.807) is 7.05 Å². The molecule has 25 heavy (non-hydrogen) atoms. The number of halogens is 4. The molecule has 1 atom stereocenters. The zero-order valence-electron chi connectivity index (χ0n) is 15.0. The number of rotatable bonds is 7. The maximum absolute atomic E-state index is 13.1. The van der Waals surface area contributed by atoms with E-state index in [-0.39, 0.29) is 12.1 Å². The Balaban J connectivity index is 2.61. The largest absolute Gasteiger partial charge is 0.416 e. The molecule has 0 aromatic heterocycles. The lowest BCUT2D eigenvalue weighted by Gasteiger charge is -2.24. The van der Waals surface area contributed by atoms with Gasteiger partial charge in [0.1, 0.15) is 5.82 Å². The summed E-state index contributed by atoms with van der Waals surface area (Å²) in [6.07, 6.45) is -3.57. The highest BCUT2D eigenvalue weighted by molar-refractivity contribution is 5.79. The fourth-order valence-electron chi connectivity index (χ4n) is 2.25. The van der Waals surface area contributed by atoms with Crippen LogP contribution < -0.4 is 10.6 Å². The average molecular weight is 362 g/mol. The number of hydrogen-bond acceptors (Lipinski definition) is 2. The average Bonchev–Trinajstić information content (AvgIpc) is 2.56. The number of nitrogens with zero attached hydrogens (tertiary/aromatic N) is 2. The lowest BCUT2D eigenvalue weighted by molar-refractivity contribution is -0.138. The molecule has 0 amide bonds. The summed E-state index contributed by atoms with van der Waals surface area (Å²) in [6, 6.07) is 3.11. The summed E-state index contributed by atoms with van der Waals surface area (Å²) in [7, 11) is 3.56. The molecular weight excluding hydrogens is 336 g/mol. The number of hydrogen-bond donors (Lipinski definition) is 2. The molecule has 0 aliphatic rings. The van der Waals surface area contributed by atoms with Gasteiger partial charge in [-0.25, -0.2) is 4.39 Å². The van der Waals surface area contributed by atoms with Gasteiger partial charge < -0.3 is 15.5 Å². The maximum Gasteiger partial charge on any atom is 0.416 e. The van der Waals surface area contributed by atoms with E-state index in [0.717, 1.165) is 25.1 Å². The van der Waals surface area contributed by atoms with Crippen LogP contribution >= 0.6 is 0 Å². The molecule has 0 heterocycles. The number of guanidine groups is 1. The Morgan fingerprint density at radius 2 is 1.96 bits per heavy atom. The van der Waals surface area contributed by atoms with Crippen LogP contribution in [0.5, 0.6) is 0 Å². The molecule has 1 aromatic carbocycles. The van der Waals surface area contributed by atoms with Crippen molar-refractivity contribution in [2.75, 3.05) is 27.2 Å². The maximum atomic E-state index is 13.1. The number of aliphatic imine (C=N–C) groups is 1. The predicted molar refractivity (Wildman–Crippen MR) is 92.0 cm³/mol. The van der Waals surface area contributed by atoms with Crippen molar-refractivity contribution >= 4 is 5.96 Å². The van der Waals surface area contributed by atoms with Gasteiger partial charge in [0.05, 0.1) is 5.56 Å². The van der Waals surface area contributed by atoms with Gasteiger partial charge in [-0.1, -0.05) is 13.0 Å². The van der Waals surface area contributed by atoms with Crippen LogP contribution in [0.25, 0.3) is 0 Å². The van der Waals surface area contributed by atoms with Gasteiger partial charge in [-0.15, -0.1) is 0 Å². The standard InChI is InChI=1S/C17H26F4N4/c1-5-12(2)25(4)9-8-23-16(22-3)24-11-13-6-7-14(18)10-15(13)17(19,20)21/h6-7,10,12H,5,8-9,11H2,1-4H3,(H2,22,23,24). The second-order valence-corrected chi connectivity index (χ2v) is 5.89. The van der Waals surface area contributed by atoms with Crippen LogP contribution in [0.1, 0.15) is 31.4 Å². The minimum atomic E-state index is -4.60. The van der Waals surface area contributed by atoms with E-state index < -0.39 is 17.6 Å². The number of nitrogens with one attached hydrogen (secondary N) is 2. The number of likely N-dealkylation sites (N-methyl/N-ethyl adjacent to an activating group) is 1. The molecule has 0 fully saturated rings. The Labute approximate surface area is 146 Å². The van der Waals surface area contributed by atoms with Crippen molar-refractivity contribution in [2.45, 2.75) is 39.0 Å². The highest BCUT2D eigenvalue weighted by Crippen LogP contribution is 2.32. The quantitative estimate of drug-likeness (QED) is 0.444. The lowest BCUT2D eigenvalue weighted by Crippen LogP contribution is -2.42. The van der Waals surface area contributed by atoms with Gasteiger partial charge >= 0.3 is 6.18 Å². The second kappa shape index (κ2) is 9.60. The molecule has 0 aliphatic carbocycles. The monoisotopic (exact) mass is 362 g/mol. The fraction of sp³-hybridized carbons (Fsp3) is 0.588. The third kappa shape index (κ3) is 6.89. The first-order chi connectivity index (χ1) is 11.7. The molecule has 142 valence electrons. The molecule has 0 radical (unpaired) electrons. The van der Waals surface area contributed by atoms with Gasteiger partial charge in [0.15, 0.2) is 5.96 Å². The van der Waals surface area contributed by atoms with E-state index in [4.69, 9.17) is 0 Å². The summed E-state index contributed by atoms with van der Waals surface area (Å²) >= 11 is 0. The van der Waals surface area contributed by atoms with Gasteiger partial charge in [-0.05, 0) is 38.1 Å². The Morgan fingerprint density at radius 3 is 2.52 bits per heavy atom. The molecule has 4 nitrogen and oxygen atoms in total. The fourth-order valence-corrected chi connectivity index (χ4v) is 2.25. The summed E-state index contributed by atoms with van der Waals surface area (Å²) in [5.74, 6) is -0.512. The minimum Gasteiger partial charge on any atom is -0.355 e. The van der Waals surface area contributed by atoms with E-state index in [9.17, 15) is 17.6 Å². The normalized spacial score (nSPS) is 13.9. The van der Waals surface area contributed by atoms with Crippen LogP contribution in [0.2, 0.25) is 0 Å². The van der Waals surface area contributed by atoms with Crippen molar-refractivity contribution < 1.29 is 17.6 Å². The topological polar surface area (TPSA) is 39.7 Å². The summed E-state index contributed by atoms with van der Waals surface area (Å²) in [5, 5.41) is 5.89. The Kier molecular flexibility index (Phi) is 8.15. The SMILES string of the molecule is CCC(C)N(C)CCNC(=NC)NCc1ccc(F)cc1C(F)(F)F. The molecule has 8 heteroatoms. The molecule has 1 rings (SSSR count). The first kappa shape index (κ1) is 21.2. The molecule has 0 aliphatic heterocycles. The van der Waals surface area contributed by atoms with Gasteiger partial charge in [-0.2, -0.15) is 13.2 Å². The van der Waals surface area contributed by atoms with Gasteiger partial charge in [0, 0.05) is 32.7 Å². The summed E-state index contributed by atoms with van der Waals surface area (Å²) in [5.41, 5.74) is -1.01. The van der Waals surface area contributed by atoms with E-state index in [1.165, 1.54) is 0 Å². The van der Waals surface area contributed by atoms with Crippen molar-refractivity contribution in [3.05, 3.63) is 35.1 Å². The molecule has 2 N–H and O–H groups in total. The summed E-state index contributed by atoms with van der Waals surface area (Å²) in [6.45, 7) is 5.52. The second-order valence-electron chi connectivity index (χ2n) is 5.89. The highest BCUT2D eigenvalue weighted by Gasteiger charge is 2.33. The predicted octanol–water partition coefficient (Wildman–Crippen LogP) is 3.24. The lowest BCUT2D eigenvalue weighted by atomic mass is 10.1. The zero-order valence-corrected chi connectivity index (χ0v) is 15.0. The smallest absolute Gasteiger partial charge is 0.355 e. The number of benzene rings is 1. The van der Waals surface area contributed by atoms with Crippen molar-refractivity contribution in [1.29, 1.82) is 0 Å². The zero-order chi connectivity index (χ0) is 19.0. The minimum absolute atomic E-state index is 0.0337. The van der Waals surface area contributed by atoms with Crippen molar-refractivity contribution in [3.8, 4) is 0 Å². The third-order valence-electron chi connectivity index (χ3n) is 4.15. The van der Waals surface area contributed by atoms with Crippen LogP contribution in [0, 0.1) is 5.82 Å². The number of alkyl halides is 3. The van der Waals surface area contributed by atoms with Crippen LogP contribution in [0.3, 0.4) is 0 Å². The van der Waals surface area contributed by atoms with Crippen LogP contribution in [-0.4, -0.2) is 44.1 Å². The molecule has 1 aromatic rings. The Hall–Kier alpha value is -1.83. The van der Waals surface area contributed by atoms with E-state index in [0.29, 0.717) is 24.6 Å². The first-order valence-electron chi connectivity index (χ1n) is 8.19. The summed E-state index contributed by atoms with van der Waals surface area (Å²) in [4.78, 5) is 6.18. The van der Waals surface area contributed by atoms with Gasteiger partial charge in [0.25, 0.3) is 0 Å². The van der Waals surface area contributed by atoms with E-state index in [2.05, 4.69) is 34.4 Å². The van der Waals surface area contributed by atoms with Gasteiger partial charge in [-0.3, -0.25) is 4.99 Å². The Morgan fingerprint density at radius 1 is 1.28 bits per heavy atom.